The first-order valence-electron chi connectivity index (χ1n) is 6.54. The Morgan fingerprint density at radius 1 is 1.31 bits per heavy atom. The molecule has 2 aliphatic heterocycles. The summed E-state index contributed by atoms with van der Waals surface area (Å²) in [7, 11) is 2.23. The van der Waals surface area contributed by atoms with E-state index in [0.717, 1.165) is 13.1 Å². The molecule has 0 aliphatic carbocycles. The average Bonchev–Trinajstić information content (AvgIpc) is 2.70. The van der Waals surface area contributed by atoms with E-state index < -0.39 is 0 Å². The largest absolute Gasteiger partial charge is 0.329 e. The minimum atomic E-state index is 0.252. The highest BCUT2D eigenvalue weighted by Crippen LogP contribution is 2.38. The number of nitrogens with two attached hydrogens (primary N) is 1. The van der Waals surface area contributed by atoms with Gasteiger partial charge in [0.2, 0.25) is 0 Å². The number of rotatable bonds is 2. The summed E-state index contributed by atoms with van der Waals surface area (Å²) in [5.41, 5.74) is 6.82. The highest BCUT2D eigenvalue weighted by molar-refractivity contribution is 5.05. The van der Waals surface area contributed by atoms with Crippen molar-refractivity contribution < 1.29 is 0 Å². The maximum Gasteiger partial charge on any atom is 0.0473 e. The molecule has 2 fully saturated rings. The molecule has 2 aliphatic rings. The van der Waals surface area contributed by atoms with Crippen molar-refractivity contribution in [1.29, 1.82) is 0 Å². The van der Waals surface area contributed by atoms with E-state index in [1.807, 2.05) is 0 Å². The van der Waals surface area contributed by atoms with Crippen LogP contribution in [0.1, 0.15) is 33.6 Å². The lowest BCUT2D eigenvalue weighted by Crippen LogP contribution is -2.54. The maximum absolute atomic E-state index is 6.09. The molecule has 0 aromatic rings. The second-order valence-electron chi connectivity index (χ2n) is 6.73. The summed E-state index contributed by atoms with van der Waals surface area (Å²) < 4.78 is 0. The number of nitrogens with zero attached hydrogens (tertiary/aromatic N) is 2. The van der Waals surface area contributed by atoms with Crippen molar-refractivity contribution in [1.82, 2.24) is 9.80 Å². The van der Waals surface area contributed by atoms with Gasteiger partial charge in [-0.1, -0.05) is 13.8 Å². The zero-order chi connectivity index (χ0) is 12.0. The molecule has 2 N–H and O–H groups in total. The van der Waals surface area contributed by atoms with Crippen LogP contribution in [0, 0.1) is 5.41 Å². The van der Waals surface area contributed by atoms with E-state index in [0.29, 0.717) is 11.5 Å². The van der Waals surface area contributed by atoms with E-state index in [1.54, 1.807) is 0 Å². The normalized spacial score (nSPS) is 40.7. The Morgan fingerprint density at radius 3 is 2.38 bits per heavy atom. The van der Waals surface area contributed by atoms with E-state index in [-0.39, 0.29) is 5.54 Å². The molecule has 0 spiro atoms. The molecular weight excluding hydrogens is 198 g/mol. The Balaban J connectivity index is 2.12. The van der Waals surface area contributed by atoms with Crippen LogP contribution in [0.5, 0.6) is 0 Å². The fourth-order valence-corrected chi connectivity index (χ4v) is 3.41. The second kappa shape index (κ2) is 3.97. The molecule has 2 heterocycles. The zero-order valence-corrected chi connectivity index (χ0v) is 11.3. The first-order valence-corrected chi connectivity index (χ1v) is 6.54. The number of likely N-dealkylation sites (N-methyl/N-ethyl adjacent to an activating group) is 1. The van der Waals surface area contributed by atoms with Crippen LogP contribution in [0.2, 0.25) is 0 Å². The van der Waals surface area contributed by atoms with Gasteiger partial charge in [0.25, 0.3) is 0 Å². The summed E-state index contributed by atoms with van der Waals surface area (Å²) >= 11 is 0. The summed E-state index contributed by atoms with van der Waals surface area (Å²) in [5.74, 6) is 0. The quantitative estimate of drug-likeness (QED) is 0.765. The number of hydrogen-bond donors (Lipinski definition) is 1. The third-order valence-electron chi connectivity index (χ3n) is 4.70. The first kappa shape index (κ1) is 12.3. The lowest BCUT2D eigenvalue weighted by Gasteiger charge is -2.38. The van der Waals surface area contributed by atoms with E-state index in [2.05, 4.69) is 37.6 Å². The lowest BCUT2D eigenvalue weighted by molar-refractivity contribution is 0.119. The predicted octanol–water partition coefficient (Wildman–Crippen LogP) is 1.14. The molecule has 0 aromatic carbocycles. The van der Waals surface area contributed by atoms with Gasteiger partial charge in [-0.3, -0.25) is 4.90 Å². The van der Waals surface area contributed by atoms with Crippen LogP contribution in [-0.4, -0.2) is 54.6 Å². The number of likely N-dealkylation sites (tertiary alicyclic amines) is 2. The van der Waals surface area contributed by atoms with Crippen molar-refractivity contribution >= 4 is 0 Å². The number of hydrogen-bond acceptors (Lipinski definition) is 3. The topological polar surface area (TPSA) is 32.5 Å². The van der Waals surface area contributed by atoms with Crippen molar-refractivity contribution in [3.63, 3.8) is 0 Å². The molecule has 0 saturated carbocycles. The van der Waals surface area contributed by atoms with Crippen molar-refractivity contribution in [3.05, 3.63) is 0 Å². The molecule has 0 bridgehead atoms. The summed E-state index contributed by atoms with van der Waals surface area (Å²) in [6.45, 7) is 11.4. The molecule has 0 radical (unpaired) electrons. The standard InChI is InChI=1S/C13H27N3/c1-11-7-13(8-14,10-15(11)4)16-6-5-12(2,3)9-16/h11H,5-10,14H2,1-4H3. The van der Waals surface area contributed by atoms with Crippen molar-refractivity contribution in [2.75, 3.05) is 33.2 Å². The van der Waals surface area contributed by atoms with E-state index in [1.165, 1.54) is 25.9 Å². The van der Waals surface area contributed by atoms with Crippen LogP contribution in [0.3, 0.4) is 0 Å². The second-order valence-corrected chi connectivity index (χ2v) is 6.73. The molecule has 0 aromatic heterocycles. The Morgan fingerprint density at radius 2 is 2.00 bits per heavy atom. The highest BCUT2D eigenvalue weighted by Gasteiger charge is 2.47. The molecular formula is C13H27N3. The van der Waals surface area contributed by atoms with Gasteiger partial charge >= 0.3 is 0 Å². The molecule has 3 heteroatoms. The van der Waals surface area contributed by atoms with Gasteiger partial charge in [-0.05, 0) is 38.8 Å². The SMILES string of the molecule is CC1CC(CN)(N2CCC(C)(C)C2)CN1C. The Hall–Kier alpha value is -0.120. The minimum absolute atomic E-state index is 0.252. The van der Waals surface area contributed by atoms with Crippen LogP contribution in [0.4, 0.5) is 0 Å². The summed E-state index contributed by atoms with van der Waals surface area (Å²) in [6.07, 6.45) is 2.54. The molecule has 94 valence electrons. The van der Waals surface area contributed by atoms with Crippen molar-refractivity contribution in [3.8, 4) is 0 Å². The van der Waals surface area contributed by atoms with Gasteiger partial charge < -0.3 is 10.6 Å². The molecule has 0 amide bonds. The third kappa shape index (κ3) is 2.01. The minimum Gasteiger partial charge on any atom is -0.329 e. The van der Waals surface area contributed by atoms with E-state index >= 15 is 0 Å². The fourth-order valence-electron chi connectivity index (χ4n) is 3.41. The van der Waals surface area contributed by atoms with Crippen LogP contribution in [0.25, 0.3) is 0 Å². The van der Waals surface area contributed by atoms with Gasteiger partial charge in [-0.2, -0.15) is 0 Å². The monoisotopic (exact) mass is 225 g/mol. The maximum atomic E-state index is 6.09. The summed E-state index contributed by atoms with van der Waals surface area (Å²) in [5, 5.41) is 0. The molecule has 2 atom stereocenters. The van der Waals surface area contributed by atoms with Gasteiger partial charge in [0, 0.05) is 31.2 Å². The van der Waals surface area contributed by atoms with Gasteiger partial charge in [0.15, 0.2) is 0 Å². The average molecular weight is 225 g/mol. The van der Waals surface area contributed by atoms with Crippen LogP contribution >= 0.6 is 0 Å². The first-order chi connectivity index (χ1) is 7.38. The fraction of sp³-hybridized carbons (Fsp3) is 1.00. The van der Waals surface area contributed by atoms with E-state index in [9.17, 15) is 0 Å². The van der Waals surface area contributed by atoms with E-state index in [4.69, 9.17) is 5.73 Å². The smallest absolute Gasteiger partial charge is 0.0473 e. The van der Waals surface area contributed by atoms with Crippen LogP contribution in [-0.2, 0) is 0 Å². The molecule has 2 rings (SSSR count). The van der Waals surface area contributed by atoms with Gasteiger partial charge in [0.05, 0.1) is 0 Å². The summed E-state index contributed by atoms with van der Waals surface area (Å²) in [6, 6.07) is 0.673. The Bertz CT molecular complexity index is 252. The summed E-state index contributed by atoms with van der Waals surface area (Å²) in [4.78, 5) is 5.12. The Kier molecular flexibility index (Phi) is 3.06. The van der Waals surface area contributed by atoms with Crippen LogP contribution in [0.15, 0.2) is 0 Å². The van der Waals surface area contributed by atoms with Crippen LogP contribution < -0.4 is 5.73 Å². The zero-order valence-electron chi connectivity index (χ0n) is 11.3. The van der Waals surface area contributed by atoms with Gasteiger partial charge in [-0.15, -0.1) is 0 Å². The third-order valence-corrected chi connectivity index (χ3v) is 4.70. The molecule has 2 unspecified atom stereocenters. The van der Waals surface area contributed by atoms with Gasteiger partial charge in [0.1, 0.15) is 0 Å². The lowest BCUT2D eigenvalue weighted by atomic mass is 9.91. The van der Waals surface area contributed by atoms with Crippen molar-refractivity contribution in [2.24, 2.45) is 11.1 Å². The highest BCUT2D eigenvalue weighted by atomic mass is 15.3. The molecule has 3 nitrogen and oxygen atoms in total. The van der Waals surface area contributed by atoms with Gasteiger partial charge in [-0.25, -0.2) is 0 Å². The molecule has 16 heavy (non-hydrogen) atoms. The van der Waals surface area contributed by atoms with Crippen molar-refractivity contribution in [2.45, 2.75) is 45.2 Å². The Labute approximate surface area is 100.0 Å². The molecule has 2 saturated heterocycles. The predicted molar refractivity (Wildman–Crippen MR) is 68.5 cm³/mol.